The summed E-state index contributed by atoms with van der Waals surface area (Å²) >= 11 is 0. The first-order valence-electron chi connectivity index (χ1n) is 5.66. The fraction of sp³-hybridized carbons (Fsp3) is 1.00. The Labute approximate surface area is 90.5 Å². The van der Waals surface area contributed by atoms with E-state index in [0.717, 1.165) is 19.4 Å². The largest absolute Gasteiger partial charge is 0.396 e. The lowest BCUT2D eigenvalue weighted by molar-refractivity contribution is -0.155. The van der Waals surface area contributed by atoms with Crippen molar-refractivity contribution >= 4 is 0 Å². The topological polar surface area (TPSA) is 47.9 Å². The van der Waals surface area contributed by atoms with Crippen molar-refractivity contribution in [3.05, 3.63) is 0 Å². The Morgan fingerprint density at radius 3 is 2.80 bits per heavy atom. The highest BCUT2D eigenvalue weighted by Crippen LogP contribution is 2.33. The van der Waals surface area contributed by atoms with Crippen molar-refractivity contribution in [2.24, 2.45) is 5.92 Å². The molecular weight excluding hydrogens is 196 g/mol. The molecule has 0 amide bonds. The molecule has 0 bridgehead atoms. The van der Waals surface area contributed by atoms with Crippen molar-refractivity contribution in [2.45, 2.75) is 44.7 Å². The van der Waals surface area contributed by atoms with E-state index in [1.54, 1.807) is 0 Å². The molecule has 2 heterocycles. The Kier molecular flexibility index (Phi) is 3.30. The Balaban J connectivity index is 1.93. The molecule has 0 aliphatic carbocycles. The molecule has 2 aliphatic rings. The molecule has 0 aromatic heterocycles. The normalized spacial score (nSPS) is 39.8. The fourth-order valence-electron chi connectivity index (χ4n) is 2.42. The summed E-state index contributed by atoms with van der Waals surface area (Å²) in [5.41, 5.74) is 0. The molecule has 3 atom stereocenters. The van der Waals surface area contributed by atoms with Gasteiger partial charge in [-0.15, -0.1) is 0 Å². The van der Waals surface area contributed by atoms with E-state index in [-0.39, 0.29) is 18.8 Å². The average molecular weight is 216 g/mol. The molecule has 0 saturated carbocycles. The zero-order valence-electron chi connectivity index (χ0n) is 9.44. The monoisotopic (exact) mass is 216 g/mol. The molecule has 15 heavy (non-hydrogen) atoms. The lowest BCUT2D eigenvalue weighted by Crippen LogP contribution is -2.35. The molecule has 2 fully saturated rings. The Morgan fingerprint density at radius 1 is 1.40 bits per heavy atom. The van der Waals surface area contributed by atoms with E-state index in [1.807, 2.05) is 13.8 Å². The van der Waals surface area contributed by atoms with E-state index >= 15 is 0 Å². The summed E-state index contributed by atoms with van der Waals surface area (Å²) in [7, 11) is 0. The minimum atomic E-state index is -0.486. The lowest BCUT2D eigenvalue weighted by atomic mass is 9.94. The zero-order chi connectivity index (χ0) is 10.9. The van der Waals surface area contributed by atoms with Gasteiger partial charge in [-0.2, -0.15) is 0 Å². The number of hydrogen-bond acceptors (Lipinski definition) is 4. The van der Waals surface area contributed by atoms with E-state index in [2.05, 4.69) is 0 Å². The maximum absolute atomic E-state index is 8.96. The van der Waals surface area contributed by atoms with E-state index in [1.165, 1.54) is 0 Å². The maximum atomic E-state index is 8.96. The number of aliphatic hydroxyl groups is 1. The van der Waals surface area contributed by atoms with E-state index in [9.17, 15) is 0 Å². The summed E-state index contributed by atoms with van der Waals surface area (Å²) in [6.07, 6.45) is 1.94. The minimum absolute atomic E-state index is 0.0269. The maximum Gasteiger partial charge on any atom is 0.163 e. The molecule has 0 aromatic carbocycles. The van der Waals surface area contributed by atoms with Crippen LogP contribution in [0.4, 0.5) is 0 Å². The van der Waals surface area contributed by atoms with E-state index < -0.39 is 5.79 Å². The molecule has 0 unspecified atom stereocenters. The van der Waals surface area contributed by atoms with Crippen molar-refractivity contribution < 1.29 is 19.3 Å². The van der Waals surface area contributed by atoms with Gasteiger partial charge in [0, 0.05) is 13.2 Å². The van der Waals surface area contributed by atoms with Gasteiger partial charge in [0.1, 0.15) is 6.10 Å². The Bertz CT molecular complexity index is 217. The number of ether oxygens (including phenoxy) is 3. The summed E-state index contributed by atoms with van der Waals surface area (Å²) in [6.45, 7) is 5.43. The van der Waals surface area contributed by atoms with Crippen LogP contribution in [0.25, 0.3) is 0 Å². The van der Waals surface area contributed by atoms with E-state index in [0.29, 0.717) is 12.5 Å². The molecule has 2 rings (SSSR count). The van der Waals surface area contributed by atoms with Gasteiger partial charge in [0.2, 0.25) is 0 Å². The Morgan fingerprint density at radius 2 is 2.20 bits per heavy atom. The predicted molar refractivity (Wildman–Crippen MR) is 54.5 cm³/mol. The quantitative estimate of drug-likeness (QED) is 0.762. The highest BCUT2D eigenvalue weighted by Gasteiger charge is 2.42. The Hall–Kier alpha value is -0.160. The van der Waals surface area contributed by atoms with Crippen LogP contribution in [0.1, 0.15) is 26.7 Å². The van der Waals surface area contributed by atoms with Gasteiger partial charge in [-0.25, -0.2) is 0 Å². The second-order valence-corrected chi connectivity index (χ2v) is 4.76. The first-order valence-corrected chi connectivity index (χ1v) is 5.66. The van der Waals surface area contributed by atoms with Gasteiger partial charge in [0.15, 0.2) is 5.79 Å². The standard InChI is InChI=1S/C11H20O4/c1-11(2)14-7-9(15-11)10-8(3-5-12)4-6-13-10/h8-10,12H,3-7H2,1-2H3/t8-,9-,10+/m1/s1. The van der Waals surface area contributed by atoms with Gasteiger partial charge < -0.3 is 19.3 Å². The molecule has 4 heteroatoms. The molecular formula is C11H20O4. The number of aliphatic hydroxyl groups excluding tert-OH is 1. The third-order valence-corrected chi connectivity index (χ3v) is 3.16. The molecule has 2 aliphatic heterocycles. The van der Waals surface area contributed by atoms with Crippen molar-refractivity contribution in [1.29, 1.82) is 0 Å². The first kappa shape index (κ1) is 11.3. The molecule has 4 nitrogen and oxygen atoms in total. The van der Waals surface area contributed by atoms with Crippen LogP contribution in [-0.4, -0.2) is 42.9 Å². The van der Waals surface area contributed by atoms with Crippen LogP contribution in [0.15, 0.2) is 0 Å². The van der Waals surface area contributed by atoms with Gasteiger partial charge >= 0.3 is 0 Å². The van der Waals surface area contributed by atoms with Gasteiger partial charge in [0.05, 0.1) is 12.7 Å². The minimum Gasteiger partial charge on any atom is -0.396 e. The average Bonchev–Trinajstić information content (AvgIpc) is 2.72. The van der Waals surface area contributed by atoms with E-state index in [4.69, 9.17) is 19.3 Å². The van der Waals surface area contributed by atoms with Gasteiger partial charge in [-0.3, -0.25) is 0 Å². The van der Waals surface area contributed by atoms with Gasteiger partial charge in [-0.05, 0) is 32.6 Å². The molecule has 0 radical (unpaired) electrons. The van der Waals surface area contributed by atoms with Gasteiger partial charge in [-0.1, -0.05) is 0 Å². The second-order valence-electron chi connectivity index (χ2n) is 4.76. The number of hydrogen-bond donors (Lipinski definition) is 1. The lowest BCUT2D eigenvalue weighted by Gasteiger charge is -2.24. The van der Waals surface area contributed by atoms with Crippen LogP contribution in [-0.2, 0) is 14.2 Å². The third kappa shape index (κ3) is 2.50. The molecule has 0 aromatic rings. The highest BCUT2D eigenvalue weighted by molar-refractivity contribution is 4.86. The van der Waals surface area contributed by atoms with Crippen LogP contribution < -0.4 is 0 Å². The smallest absolute Gasteiger partial charge is 0.163 e. The SMILES string of the molecule is CC1(C)OC[C@H]([C@H]2OCC[C@H]2CCO)O1. The molecule has 2 saturated heterocycles. The molecule has 88 valence electrons. The predicted octanol–water partition coefficient (Wildman–Crippen LogP) is 0.925. The van der Waals surface area contributed by atoms with Crippen molar-refractivity contribution in [2.75, 3.05) is 19.8 Å². The van der Waals surface area contributed by atoms with Crippen LogP contribution >= 0.6 is 0 Å². The summed E-state index contributed by atoms with van der Waals surface area (Å²) in [4.78, 5) is 0. The van der Waals surface area contributed by atoms with Crippen LogP contribution in [0, 0.1) is 5.92 Å². The number of rotatable bonds is 3. The summed E-state index contributed by atoms with van der Waals surface area (Å²) < 4.78 is 17.0. The summed E-state index contributed by atoms with van der Waals surface area (Å²) in [5.74, 6) is -0.0714. The second kappa shape index (κ2) is 4.37. The molecule has 0 spiro atoms. The summed E-state index contributed by atoms with van der Waals surface area (Å²) in [5, 5.41) is 8.96. The van der Waals surface area contributed by atoms with Crippen LogP contribution in [0.3, 0.4) is 0 Å². The van der Waals surface area contributed by atoms with Crippen LogP contribution in [0.5, 0.6) is 0 Å². The molecule has 1 N–H and O–H groups in total. The summed E-state index contributed by atoms with van der Waals surface area (Å²) in [6, 6.07) is 0. The first-order chi connectivity index (χ1) is 7.12. The van der Waals surface area contributed by atoms with Gasteiger partial charge in [0.25, 0.3) is 0 Å². The third-order valence-electron chi connectivity index (χ3n) is 3.16. The van der Waals surface area contributed by atoms with Crippen molar-refractivity contribution in [3.63, 3.8) is 0 Å². The van der Waals surface area contributed by atoms with Crippen molar-refractivity contribution in [3.8, 4) is 0 Å². The zero-order valence-corrected chi connectivity index (χ0v) is 9.44. The fourth-order valence-corrected chi connectivity index (χ4v) is 2.42. The van der Waals surface area contributed by atoms with Crippen LogP contribution in [0.2, 0.25) is 0 Å². The highest BCUT2D eigenvalue weighted by atomic mass is 16.7. The van der Waals surface area contributed by atoms with Crippen molar-refractivity contribution in [1.82, 2.24) is 0 Å².